The van der Waals surface area contributed by atoms with Gasteiger partial charge < -0.3 is 0 Å². The van der Waals surface area contributed by atoms with E-state index in [0.717, 1.165) is 11.8 Å². The molecule has 1 atom stereocenters. The minimum Gasteiger partial charge on any atom is -0.298 e. The molecule has 0 saturated carbocycles. The smallest absolute Gasteiger partial charge is 0.0161 e. The molecule has 1 fully saturated rings. The lowest BCUT2D eigenvalue weighted by atomic mass is 10.4. The molecule has 1 saturated heterocycles. The summed E-state index contributed by atoms with van der Waals surface area (Å²) in [5.74, 6) is 1.29. The quantitative estimate of drug-likeness (QED) is 0.560. The summed E-state index contributed by atoms with van der Waals surface area (Å²) >= 11 is 2.07. The molecule has 2 heteroatoms. The van der Waals surface area contributed by atoms with Crippen molar-refractivity contribution < 1.29 is 0 Å². The maximum Gasteiger partial charge on any atom is 0.0161 e. The lowest BCUT2D eigenvalue weighted by Crippen LogP contribution is -2.36. The van der Waals surface area contributed by atoms with Gasteiger partial charge in [0.25, 0.3) is 0 Å². The molecular weight excluding hydrogens is 142 g/mol. The standard InChI is InChI=1S/C8H15NS/c1-3-4-9-5-6-10-8(2)7-9/h3,8H,1,4-7H2,2H3. The molecule has 1 aliphatic rings. The second kappa shape index (κ2) is 4.04. The third-order valence-electron chi connectivity index (χ3n) is 1.71. The first kappa shape index (κ1) is 8.15. The molecule has 0 aromatic carbocycles. The molecule has 1 rings (SSSR count). The molecular formula is C8H15NS. The first-order valence-electron chi connectivity index (χ1n) is 3.78. The van der Waals surface area contributed by atoms with Gasteiger partial charge in [-0.25, -0.2) is 0 Å². The van der Waals surface area contributed by atoms with Crippen molar-refractivity contribution in [2.45, 2.75) is 12.2 Å². The van der Waals surface area contributed by atoms with Crippen LogP contribution in [0.15, 0.2) is 12.7 Å². The zero-order valence-corrected chi connectivity index (χ0v) is 7.36. The second-order valence-corrected chi connectivity index (χ2v) is 4.28. The van der Waals surface area contributed by atoms with Crippen molar-refractivity contribution in [2.24, 2.45) is 0 Å². The fourth-order valence-electron chi connectivity index (χ4n) is 1.24. The van der Waals surface area contributed by atoms with Gasteiger partial charge in [-0.15, -0.1) is 6.58 Å². The van der Waals surface area contributed by atoms with Crippen molar-refractivity contribution in [3.63, 3.8) is 0 Å². The van der Waals surface area contributed by atoms with Crippen LogP contribution in [-0.2, 0) is 0 Å². The van der Waals surface area contributed by atoms with Crippen molar-refractivity contribution in [2.75, 3.05) is 25.4 Å². The van der Waals surface area contributed by atoms with Crippen LogP contribution in [0.5, 0.6) is 0 Å². The summed E-state index contributed by atoms with van der Waals surface area (Å²) in [6.45, 7) is 9.55. The average molecular weight is 157 g/mol. The Morgan fingerprint density at radius 2 is 2.60 bits per heavy atom. The van der Waals surface area contributed by atoms with Gasteiger partial charge in [0.1, 0.15) is 0 Å². The Morgan fingerprint density at radius 1 is 1.80 bits per heavy atom. The highest BCUT2D eigenvalue weighted by Gasteiger charge is 2.14. The van der Waals surface area contributed by atoms with E-state index in [4.69, 9.17) is 0 Å². The van der Waals surface area contributed by atoms with E-state index in [0.29, 0.717) is 0 Å². The minimum atomic E-state index is 0.814. The van der Waals surface area contributed by atoms with Crippen LogP contribution >= 0.6 is 11.8 Å². The Hall–Kier alpha value is 0.0500. The van der Waals surface area contributed by atoms with Gasteiger partial charge in [0.05, 0.1) is 0 Å². The number of thioether (sulfide) groups is 1. The van der Waals surface area contributed by atoms with Crippen LogP contribution in [0.2, 0.25) is 0 Å². The summed E-state index contributed by atoms with van der Waals surface area (Å²) in [6, 6.07) is 0. The maximum atomic E-state index is 3.73. The number of rotatable bonds is 2. The Morgan fingerprint density at radius 3 is 3.20 bits per heavy atom. The molecule has 0 aromatic heterocycles. The third-order valence-corrected chi connectivity index (χ3v) is 2.85. The Balaban J connectivity index is 2.24. The highest BCUT2D eigenvalue weighted by Crippen LogP contribution is 2.16. The zero-order chi connectivity index (χ0) is 7.40. The molecule has 10 heavy (non-hydrogen) atoms. The maximum absolute atomic E-state index is 3.73. The van der Waals surface area contributed by atoms with E-state index in [1.807, 2.05) is 6.08 Å². The largest absolute Gasteiger partial charge is 0.298 e. The summed E-state index contributed by atoms with van der Waals surface area (Å²) in [5, 5.41) is 0.814. The predicted molar refractivity (Wildman–Crippen MR) is 48.6 cm³/mol. The van der Waals surface area contributed by atoms with Crippen LogP contribution in [0.25, 0.3) is 0 Å². The SMILES string of the molecule is C=CCN1CCSC(C)C1. The topological polar surface area (TPSA) is 3.24 Å². The summed E-state index contributed by atoms with van der Waals surface area (Å²) in [4.78, 5) is 2.45. The fourth-order valence-corrected chi connectivity index (χ4v) is 2.32. The van der Waals surface area contributed by atoms with E-state index in [-0.39, 0.29) is 0 Å². The Labute approximate surface area is 67.5 Å². The first-order valence-corrected chi connectivity index (χ1v) is 4.82. The lowest BCUT2D eigenvalue weighted by Gasteiger charge is -2.29. The van der Waals surface area contributed by atoms with E-state index >= 15 is 0 Å². The molecule has 1 heterocycles. The normalized spacial score (nSPS) is 28.3. The summed E-state index contributed by atoms with van der Waals surface area (Å²) in [5.41, 5.74) is 0. The summed E-state index contributed by atoms with van der Waals surface area (Å²) < 4.78 is 0. The highest BCUT2D eigenvalue weighted by atomic mass is 32.2. The molecule has 0 N–H and O–H groups in total. The van der Waals surface area contributed by atoms with E-state index < -0.39 is 0 Å². The van der Waals surface area contributed by atoms with Crippen LogP contribution in [0.3, 0.4) is 0 Å². The van der Waals surface area contributed by atoms with E-state index in [9.17, 15) is 0 Å². The molecule has 0 bridgehead atoms. The van der Waals surface area contributed by atoms with Crippen LogP contribution < -0.4 is 0 Å². The lowest BCUT2D eigenvalue weighted by molar-refractivity contribution is 0.317. The van der Waals surface area contributed by atoms with Gasteiger partial charge in [-0.2, -0.15) is 11.8 Å². The molecule has 0 spiro atoms. The van der Waals surface area contributed by atoms with Gasteiger partial charge in [-0.1, -0.05) is 13.0 Å². The first-order chi connectivity index (χ1) is 4.83. The van der Waals surface area contributed by atoms with Crippen molar-refractivity contribution in [3.8, 4) is 0 Å². The van der Waals surface area contributed by atoms with Crippen molar-refractivity contribution >= 4 is 11.8 Å². The summed E-state index contributed by atoms with van der Waals surface area (Å²) in [7, 11) is 0. The second-order valence-electron chi connectivity index (χ2n) is 2.73. The van der Waals surface area contributed by atoms with Gasteiger partial charge in [-0.05, 0) is 0 Å². The number of nitrogens with zero attached hydrogens (tertiary/aromatic N) is 1. The fraction of sp³-hybridized carbons (Fsp3) is 0.750. The van der Waals surface area contributed by atoms with Crippen molar-refractivity contribution in [1.82, 2.24) is 4.90 Å². The molecule has 1 nitrogen and oxygen atoms in total. The van der Waals surface area contributed by atoms with Crippen LogP contribution in [0.1, 0.15) is 6.92 Å². The van der Waals surface area contributed by atoms with Crippen LogP contribution in [0.4, 0.5) is 0 Å². The predicted octanol–water partition coefficient (Wildman–Crippen LogP) is 1.61. The number of hydrogen-bond donors (Lipinski definition) is 0. The Kier molecular flexibility index (Phi) is 3.29. The van der Waals surface area contributed by atoms with Crippen LogP contribution in [-0.4, -0.2) is 35.5 Å². The van der Waals surface area contributed by atoms with Gasteiger partial charge in [0.15, 0.2) is 0 Å². The molecule has 1 unspecified atom stereocenters. The summed E-state index contributed by atoms with van der Waals surface area (Å²) in [6.07, 6.45) is 1.99. The molecule has 1 aliphatic heterocycles. The van der Waals surface area contributed by atoms with Gasteiger partial charge in [-0.3, -0.25) is 4.90 Å². The monoisotopic (exact) mass is 157 g/mol. The van der Waals surface area contributed by atoms with E-state index in [2.05, 4.69) is 30.2 Å². The van der Waals surface area contributed by atoms with Gasteiger partial charge in [0, 0.05) is 30.6 Å². The van der Waals surface area contributed by atoms with E-state index in [1.165, 1.54) is 18.8 Å². The minimum absolute atomic E-state index is 0.814. The van der Waals surface area contributed by atoms with Gasteiger partial charge >= 0.3 is 0 Å². The van der Waals surface area contributed by atoms with Crippen molar-refractivity contribution in [1.29, 1.82) is 0 Å². The molecule has 58 valence electrons. The molecule has 0 amide bonds. The molecule has 0 radical (unpaired) electrons. The van der Waals surface area contributed by atoms with E-state index in [1.54, 1.807) is 0 Å². The van der Waals surface area contributed by atoms with Gasteiger partial charge in [0.2, 0.25) is 0 Å². The zero-order valence-electron chi connectivity index (χ0n) is 6.55. The number of hydrogen-bond acceptors (Lipinski definition) is 2. The average Bonchev–Trinajstić information content (AvgIpc) is 1.88. The molecule has 0 aliphatic carbocycles. The molecule has 0 aromatic rings. The van der Waals surface area contributed by atoms with Crippen LogP contribution in [0, 0.1) is 0 Å². The third kappa shape index (κ3) is 2.35. The Bertz CT molecular complexity index is 114. The van der Waals surface area contributed by atoms with Crippen molar-refractivity contribution in [3.05, 3.63) is 12.7 Å². The highest BCUT2D eigenvalue weighted by molar-refractivity contribution is 7.99.